The van der Waals surface area contributed by atoms with E-state index < -0.39 is 15.6 Å². The summed E-state index contributed by atoms with van der Waals surface area (Å²) < 4.78 is 26.8. The maximum atomic E-state index is 11.7. The Kier molecular flexibility index (Phi) is 2.03. The third-order valence-electron chi connectivity index (χ3n) is 2.30. The van der Waals surface area contributed by atoms with Crippen molar-refractivity contribution in [1.82, 2.24) is 4.72 Å². The van der Waals surface area contributed by atoms with E-state index in [1.54, 1.807) is 6.07 Å². The fourth-order valence-electron chi connectivity index (χ4n) is 1.68. The average Bonchev–Trinajstić information content (AvgIpc) is 2.17. The first-order valence-corrected chi connectivity index (χ1v) is 6.44. The SMILES string of the molecule is CC1(C)NS(=O)(=O)c2cc(Br)ccc21. The van der Waals surface area contributed by atoms with E-state index in [-0.39, 0.29) is 0 Å². The second-order valence-corrected chi connectivity index (χ2v) is 6.44. The van der Waals surface area contributed by atoms with Gasteiger partial charge in [-0.2, -0.15) is 0 Å². The maximum absolute atomic E-state index is 11.7. The zero-order valence-electron chi connectivity index (χ0n) is 7.83. The summed E-state index contributed by atoms with van der Waals surface area (Å²) in [6, 6.07) is 5.31. The highest BCUT2D eigenvalue weighted by molar-refractivity contribution is 9.10. The lowest BCUT2D eigenvalue weighted by molar-refractivity contribution is 0.494. The number of sulfonamides is 1. The third kappa shape index (κ3) is 1.39. The van der Waals surface area contributed by atoms with E-state index in [9.17, 15) is 8.42 Å². The highest BCUT2D eigenvalue weighted by atomic mass is 79.9. The summed E-state index contributed by atoms with van der Waals surface area (Å²) in [5.41, 5.74) is 0.315. The minimum absolute atomic E-state index is 0.372. The van der Waals surface area contributed by atoms with Gasteiger partial charge in [0.15, 0.2) is 0 Å². The van der Waals surface area contributed by atoms with Crippen molar-refractivity contribution in [3.8, 4) is 0 Å². The third-order valence-corrected chi connectivity index (χ3v) is 4.49. The minimum Gasteiger partial charge on any atom is -0.207 e. The van der Waals surface area contributed by atoms with Crippen molar-refractivity contribution in [3.05, 3.63) is 28.2 Å². The molecule has 0 unspecified atom stereocenters. The van der Waals surface area contributed by atoms with Crippen molar-refractivity contribution < 1.29 is 8.42 Å². The number of hydrogen-bond donors (Lipinski definition) is 1. The Bertz CT molecular complexity index is 494. The van der Waals surface area contributed by atoms with E-state index in [1.807, 2.05) is 26.0 Å². The van der Waals surface area contributed by atoms with Gasteiger partial charge < -0.3 is 0 Å². The van der Waals surface area contributed by atoms with Crippen LogP contribution in [0.15, 0.2) is 27.6 Å². The Labute approximate surface area is 91.7 Å². The van der Waals surface area contributed by atoms with Crippen molar-refractivity contribution in [3.63, 3.8) is 0 Å². The van der Waals surface area contributed by atoms with Gasteiger partial charge in [0.05, 0.1) is 10.4 Å². The second-order valence-electron chi connectivity index (χ2n) is 3.87. The molecule has 5 heteroatoms. The van der Waals surface area contributed by atoms with Crippen LogP contribution in [0.4, 0.5) is 0 Å². The zero-order valence-corrected chi connectivity index (χ0v) is 10.2. The van der Waals surface area contributed by atoms with Crippen LogP contribution in [0.3, 0.4) is 0 Å². The number of benzene rings is 1. The molecule has 1 aliphatic heterocycles. The molecule has 0 aromatic heterocycles. The van der Waals surface area contributed by atoms with Crippen LogP contribution in [0.1, 0.15) is 19.4 Å². The van der Waals surface area contributed by atoms with E-state index >= 15 is 0 Å². The first-order valence-electron chi connectivity index (χ1n) is 4.17. The Morgan fingerprint density at radius 2 is 2.00 bits per heavy atom. The lowest BCUT2D eigenvalue weighted by Crippen LogP contribution is -2.32. The maximum Gasteiger partial charge on any atom is 0.241 e. The fourth-order valence-corrected chi connectivity index (χ4v) is 3.98. The number of nitrogens with one attached hydrogen (secondary N) is 1. The van der Waals surface area contributed by atoms with E-state index in [2.05, 4.69) is 20.7 Å². The van der Waals surface area contributed by atoms with Gasteiger partial charge in [-0.1, -0.05) is 22.0 Å². The van der Waals surface area contributed by atoms with Crippen LogP contribution in [-0.4, -0.2) is 8.42 Å². The number of halogens is 1. The van der Waals surface area contributed by atoms with E-state index in [0.717, 1.165) is 10.0 Å². The predicted octanol–water partition coefficient (Wildman–Crippen LogP) is 1.98. The molecule has 76 valence electrons. The van der Waals surface area contributed by atoms with E-state index in [4.69, 9.17) is 0 Å². The molecule has 0 saturated carbocycles. The van der Waals surface area contributed by atoms with Gasteiger partial charge in [0.25, 0.3) is 0 Å². The Balaban J connectivity index is 2.79. The number of rotatable bonds is 0. The van der Waals surface area contributed by atoms with Crippen molar-refractivity contribution >= 4 is 26.0 Å². The molecule has 14 heavy (non-hydrogen) atoms. The predicted molar refractivity (Wildman–Crippen MR) is 57.5 cm³/mol. The Hall–Kier alpha value is -0.390. The van der Waals surface area contributed by atoms with Gasteiger partial charge in [-0.25, -0.2) is 13.1 Å². The van der Waals surface area contributed by atoms with Gasteiger partial charge in [0.2, 0.25) is 10.0 Å². The quantitative estimate of drug-likeness (QED) is 0.787. The number of hydrogen-bond acceptors (Lipinski definition) is 2. The lowest BCUT2D eigenvalue weighted by Gasteiger charge is -2.17. The summed E-state index contributed by atoms with van der Waals surface area (Å²) >= 11 is 3.26. The first kappa shape index (κ1) is 10.1. The molecule has 0 bridgehead atoms. The molecule has 2 rings (SSSR count). The van der Waals surface area contributed by atoms with Crippen molar-refractivity contribution in [1.29, 1.82) is 0 Å². The molecule has 3 nitrogen and oxygen atoms in total. The molecular formula is C9H10BrNO2S. The summed E-state index contributed by atoms with van der Waals surface area (Å²) in [4.78, 5) is 0.372. The average molecular weight is 276 g/mol. The summed E-state index contributed by atoms with van der Waals surface area (Å²) in [6.07, 6.45) is 0. The van der Waals surface area contributed by atoms with E-state index in [1.165, 1.54) is 0 Å². The van der Waals surface area contributed by atoms with Crippen molar-refractivity contribution in [2.45, 2.75) is 24.3 Å². The summed E-state index contributed by atoms with van der Waals surface area (Å²) in [5, 5.41) is 0. The molecule has 0 atom stereocenters. The van der Waals surface area contributed by atoms with Gasteiger partial charge in [-0.05, 0) is 31.5 Å². The second kappa shape index (κ2) is 2.81. The highest BCUT2D eigenvalue weighted by Gasteiger charge is 2.39. The molecule has 1 aromatic carbocycles. The van der Waals surface area contributed by atoms with Gasteiger partial charge in [-0.3, -0.25) is 0 Å². The molecule has 0 fully saturated rings. The van der Waals surface area contributed by atoms with Crippen LogP contribution >= 0.6 is 15.9 Å². The molecule has 0 spiro atoms. The van der Waals surface area contributed by atoms with Gasteiger partial charge in [0.1, 0.15) is 0 Å². The smallest absolute Gasteiger partial charge is 0.207 e. The normalized spacial score (nSPS) is 21.9. The molecule has 0 radical (unpaired) electrons. The highest BCUT2D eigenvalue weighted by Crippen LogP contribution is 2.36. The van der Waals surface area contributed by atoms with Gasteiger partial charge in [-0.15, -0.1) is 0 Å². The van der Waals surface area contributed by atoms with E-state index in [0.29, 0.717) is 4.90 Å². The summed E-state index contributed by atoms with van der Waals surface area (Å²) in [7, 11) is -3.32. The van der Waals surface area contributed by atoms with Crippen LogP contribution in [0.25, 0.3) is 0 Å². The molecule has 1 aliphatic rings. The Morgan fingerprint density at radius 1 is 1.36 bits per heavy atom. The first-order chi connectivity index (χ1) is 6.33. The summed E-state index contributed by atoms with van der Waals surface area (Å²) in [5.74, 6) is 0. The molecule has 0 amide bonds. The molecular weight excluding hydrogens is 266 g/mol. The topological polar surface area (TPSA) is 46.2 Å². The zero-order chi connectivity index (χ0) is 10.6. The monoisotopic (exact) mass is 275 g/mol. The van der Waals surface area contributed by atoms with Gasteiger partial charge >= 0.3 is 0 Å². The van der Waals surface area contributed by atoms with Crippen molar-refractivity contribution in [2.75, 3.05) is 0 Å². The van der Waals surface area contributed by atoms with Crippen LogP contribution in [-0.2, 0) is 15.6 Å². The van der Waals surface area contributed by atoms with Gasteiger partial charge in [0, 0.05) is 4.47 Å². The van der Waals surface area contributed by atoms with Crippen LogP contribution in [0.5, 0.6) is 0 Å². The molecule has 1 N–H and O–H groups in total. The molecule has 1 heterocycles. The minimum atomic E-state index is -3.32. The Morgan fingerprint density at radius 3 is 2.64 bits per heavy atom. The summed E-state index contributed by atoms with van der Waals surface area (Å²) in [6.45, 7) is 3.70. The van der Waals surface area contributed by atoms with Crippen LogP contribution in [0.2, 0.25) is 0 Å². The lowest BCUT2D eigenvalue weighted by atomic mass is 9.96. The van der Waals surface area contributed by atoms with Crippen LogP contribution < -0.4 is 4.72 Å². The molecule has 1 aromatic rings. The van der Waals surface area contributed by atoms with Crippen molar-refractivity contribution in [2.24, 2.45) is 0 Å². The molecule has 0 aliphatic carbocycles. The fraction of sp³-hybridized carbons (Fsp3) is 0.333. The molecule has 0 saturated heterocycles. The van der Waals surface area contributed by atoms with Crippen LogP contribution in [0, 0.1) is 0 Å². The number of fused-ring (bicyclic) bond motifs is 1. The largest absolute Gasteiger partial charge is 0.241 e. The standard InChI is InChI=1S/C9H10BrNO2S/c1-9(2)7-4-3-6(10)5-8(7)14(12,13)11-9/h3-5,11H,1-2H3.